The summed E-state index contributed by atoms with van der Waals surface area (Å²) in [7, 11) is 1.64. The number of aromatic nitrogens is 3. The van der Waals surface area contributed by atoms with Gasteiger partial charge in [-0.3, -0.25) is 0 Å². The molecule has 0 aliphatic rings. The Morgan fingerprint density at radius 1 is 1.24 bits per heavy atom. The zero-order valence-electron chi connectivity index (χ0n) is 12.6. The van der Waals surface area contributed by atoms with Crippen LogP contribution in [-0.2, 0) is 17.9 Å². The number of thiazole rings is 1. The third kappa shape index (κ3) is 4.95. The van der Waals surface area contributed by atoms with Crippen LogP contribution >= 0.6 is 11.3 Å². The molecule has 0 fully saturated rings. The topological polar surface area (TPSA) is 72.0 Å². The maximum atomic E-state index is 5.12. The molecule has 21 heavy (non-hydrogen) atoms. The summed E-state index contributed by atoms with van der Waals surface area (Å²) in [4.78, 5) is 14.3. The molecule has 2 heterocycles. The van der Waals surface area contributed by atoms with Crippen molar-refractivity contribution in [3.63, 3.8) is 0 Å². The van der Waals surface area contributed by atoms with Gasteiger partial charge in [0.2, 0.25) is 0 Å². The molecule has 2 rings (SSSR count). The molecule has 0 spiro atoms. The van der Waals surface area contributed by atoms with Gasteiger partial charge in [-0.2, -0.15) is 0 Å². The molecular weight excluding hydrogens is 286 g/mol. The summed E-state index contributed by atoms with van der Waals surface area (Å²) in [6.07, 6.45) is 2.94. The lowest BCUT2D eigenvalue weighted by molar-refractivity contribution is 0.178. The first-order valence-electron chi connectivity index (χ1n) is 6.97. The fourth-order valence-electron chi connectivity index (χ4n) is 1.79. The summed E-state index contributed by atoms with van der Waals surface area (Å²) in [5.74, 6) is 2.28. The number of nitrogens with one attached hydrogen (secondary N) is 2. The molecule has 114 valence electrons. The lowest BCUT2D eigenvalue weighted by atomic mass is 10.4. The van der Waals surface area contributed by atoms with Gasteiger partial charge < -0.3 is 15.4 Å². The Labute approximate surface area is 129 Å². The summed E-state index contributed by atoms with van der Waals surface area (Å²) in [5, 5.41) is 7.66. The van der Waals surface area contributed by atoms with Crippen molar-refractivity contribution in [1.82, 2.24) is 15.0 Å². The average Bonchev–Trinajstić information content (AvgIpc) is 2.89. The minimum Gasteiger partial charge on any atom is -0.377 e. The van der Waals surface area contributed by atoms with E-state index in [0.29, 0.717) is 19.0 Å². The quantitative estimate of drug-likeness (QED) is 0.781. The highest BCUT2D eigenvalue weighted by Gasteiger charge is 2.05. The molecule has 0 radical (unpaired) electrons. The van der Waals surface area contributed by atoms with E-state index in [1.165, 1.54) is 4.88 Å². The smallest absolute Gasteiger partial charge is 0.158 e. The summed E-state index contributed by atoms with van der Waals surface area (Å²) >= 11 is 1.68. The van der Waals surface area contributed by atoms with Crippen molar-refractivity contribution in [1.29, 1.82) is 0 Å². The minimum atomic E-state index is 0.399. The standard InChI is InChI=1S/C14H21N5OS/c1-4-5-15-12-6-13(19-14(18-12)9-20-3)17-8-11-7-16-10(2)21-11/h6-7H,4-5,8-9H2,1-3H3,(H2,15,17,18,19). The molecule has 0 aliphatic carbocycles. The van der Waals surface area contributed by atoms with Crippen molar-refractivity contribution in [3.8, 4) is 0 Å². The van der Waals surface area contributed by atoms with Crippen molar-refractivity contribution in [2.75, 3.05) is 24.3 Å². The molecule has 0 saturated heterocycles. The molecule has 2 aromatic heterocycles. The molecule has 0 unspecified atom stereocenters. The van der Waals surface area contributed by atoms with Crippen LogP contribution in [0.4, 0.5) is 11.6 Å². The number of aryl methyl sites for hydroxylation is 1. The zero-order chi connectivity index (χ0) is 15.1. The molecule has 6 nitrogen and oxygen atoms in total. The molecule has 0 atom stereocenters. The maximum absolute atomic E-state index is 5.12. The Hall–Kier alpha value is -1.73. The van der Waals surface area contributed by atoms with E-state index in [2.05, 4.69) is 32.5 Å². The van der Waals surface area contributed by atoms with Crippen molar-refractivity contribution in [2.24, 2.45) is 0 Å². The largest absolute Gasteiger partial charge is 0.377 e. The van der Waals surface area contributed by atoms with Crippen LogP contribution in [-0.4, -0.2) is 28.6 Å². The third-order valence-electron chi connectivity index (χ3n) is 2.71. The lowest BCUT2D eigenvalue weighted by Crippen LogP contribution is -2.09. The summed E-state index contributed by atoms with van der Waals surface area (Å²) in [5.41, 5.74) is 0. The third-order valence-corrected chi connectivity index (χ3v) is 3.63. The van der Waals surface area contributed by atoms with E-state index in [4.69, 9.17) is 4.74 Å². The molecule has 0 aliphatic heterocycles. The van der Waals surface area contributed by atoms with Crippen LogP contribution in [0.1, 0.15) is 29.1 Å². The second-order valence-corrected chi connectivity index (χ2v) is 5.93. The number of hydrogen-bond donors (Lipinski definition) is 2. The van der Waals surface area contributed by atoms with Gasteiger partial charge in [0.1, 0.15) is 18.2 Å². The van der Waals surface area contributed by atoms with Gasteiger partial charge in [-0.25, -0.2) is 15.0 Å². The van der Waals surface area contributed by atoms with E-state index >= 15 is 0 Å². The van der Waals surface area contributed by atoms with Crippen LogP contribution < -0.4 is 10.6 Å². The van der Waals surface area contributed by atoms with Crippen molar-refractivity contribution >= 4 is 23.0 Å². The normalized spacial score (nSPS) is 10.6. The van der Waals surface area contributed by atoms with Crippen molar-refractivity contribution in [3.05, 3.63) is 28.0 Å². The number of rotatable bonds is 8. The molecular formula is C14H21N5OS. The van der Waals surface area contributed by atoms with Gasteiger partial charge in [0.15, 0.2) is 5.82 Å². The SMILES string of the molecule is CCCNc1cc(NCc2cnc(C)s2)nc(COC)n1. The van der Waals surface area contributed by atoms with E-state index in [1.54, 1.807) is 18.4 Å². The Balaban J connectivity index is 2.07. The maximum Gasteiger partial charge on any atom is 0.158 e. The van der Waals surface area contributed by atoms with E-state index in [9.17, 15) is 0 Å². The molecule has 2 aromatic rings. The van der Waals surface area contributed by atoms with Gasteiger partial charge in [-0.1, -0.05) is 6.92 Å². The van der Waals surface area contributed by atoms with Crippen LogP contribution in [0.15, 0.2) is 12.3 Å². The Morgan fingerprint density at radius 3 is 2.62 bits per heavy atom. The summed E-state index contributed by atoms with van der Waals surface area (Å²) in [6, 6.07) is 1.92. The molecule has 0 amide bonds. The van der Waals surface area contributed by atoms with Crippen LogP contribution in [0.25, 0.3) is 0 Å². The fraction of sp³-hybridized carbons (Fsp3) is 0.500. The van der Waals surface area contributed by atoms with Crippen LogP contribution in [0, 0.1) is 6.92 Å². The highest BCUT2D eigenvalue weighted by Crippen LogP contribution is 2.16. The number of hydrogen-bond acceptors (Lipinski definition) is 7. The average molecular weight is 307 g/mol. The Morgan fingerprint density at radius 2 is 2.00 bits per heavy atom. The van der Waals surface area contributed by atoms with Crippen LogP contribution in [0.2, 0.25) is 0 Å². The van der Waals surface area contributed by atoms with E-state index in [1.807, 2.05) is 19.2 Å². The van der Waals surface area contributed by atoms with Gasteiger partial charge in [-0.15, -0.1) is 11.3 Å². The van der Waals surface area contributed by atoms with Gasteiger partial charge in [0.05, 0.1) is 11.6 Å². The number of methoxy groups -OCH3 is 1. The number of ether oxygens (including phenoxy) is 1. The van der Waals surface area contributed by atoms with Gasteiger partial charge in [-0.05, 0) is 13.3 Å². The monoisotopic (exact) mass is 307 g/mol. The van der Waals surface area contributed by atoms with E-state index in [-0.39, 0.29) is 0 Å². The van der Waals surface area contributed by atoms with E-state index < -0.39 is 0 Å². The van der Waals surface area contributed by atoms with Crippen LogP contribution in [0.3, 0.4) is 0 Å². The first-order chi connectivity index (χ1) is 10.2. The highest BCUT2D eigenvalue weighted by atomic mass is 32.1. The Bertz CT molecular complexity index is 572. The molecule has 0 aromatic carbocycles. The first-order valence-corrected chi connectivity index (χ1v) is 7.79. The van der Waals surface area contributed by atoms with Crippen molar-refractivity contribution in [2.45, 2.75) is 33.4 Å². The van der Waals surface area contributed by atoms with Gasteiger partial charge >= 0.3 is 0 Å². The molecule has 7 heteroatoms. The van der Waals surface area contributed by atoms with E-state index in [0.717, 1.165) is 29.6 Å². The summed E-state index contributed by atoms with van der Waals surface area (Å²) in [6.45, 7) is 6.12. The first kappa shape index (κ1) is 15.7. The molecule has 0 bridgehead atoms. The second kappa shape index (κ2) is 7.90. The lowest BCUT2D eigenvalue weighted by Gasteiger charge is -2.10. The predicted octanol–water partition coefficient (Wildman–Crippen LogP) is 2.82. The second-order valence-electron chi connectivity index (χ2n) is 4.61. The fourth-order valence-corrected chi connectivity index (χ4v) is 2.52. The van der Waals surface area contributed by atoms with Crippen molar-refractivity contribution < 1.29 is 4.74 Å². The molecule has 2 N–H and O–H groups in total. The minimum absolute atomic E-state index is 0.399. The zero-order valence-corrected chi connectivity index (χ0v) is 13.5. The highest BCUT2D eigenvalue weighted by molar-refractivity contribution is 7.11. The number of nitrogens with zero attached hydrogens (tertiary/aromatic N) is 3. The summed E-state index contributed by atoms with van der Waals surface area (Å²) < 4.78 is 5.12. The van der Waals surface area contributed by atoms with Crippen LogP contribution in [0.5, 0.6) is 0 Å². The number of anilines is 2. The molecule has 0 saturated carbocycles. The Kier molecular flexibility index (Phi) is 5.89. The van der Waals surface area contributed by atoms with Gasteiger partial charge in [0, 0.05) is 30.8 Å². The predicted molar refractivity (Wildman–Crippen MR) is 85.7 cm³/mol. The van der Waals surface area contributed by atoms with Gasteiger partial charge in [0.25, 0.3) is 0 Å².